The largest absolute Gasteiger partial charge is 0.350 e. The molecule has 7 heteroatoms. The van der Waals surface area contributed by atoms with Gasteiger partial charge in [0.25, 0.3) is 6.43 Å². The van der Waals surface area contributed by atoms with Gasteiger partial charge in [-0.3, -0.25) is 0 Å². The highest BCUT2D eigenvalue weighted by atomic mass is 35.5. The summed E-state index contributed by atoms with van der Waals surface area (Å²) >= 11 is 5.85. The summed E-state index contributed by atoms with van der Waals surface area (Å²) in [7, 11) is 0. The monoisotopic (exact) mass is 363 g/mol. The van der Waals surface area contributed by atoms with Gasteiger partial charge in [-0.05, 0) is 35.9 Å². The number of hydrogen-bond donors (Lipinski definition) is 1. The Balaban J connectivity index is 1.87. The average molecular weight is 364 g/mol. The molecule has 0 spiro atoms. The highest BCUT2D eigenvalue weighted by Gasteiger charge is 2.14. The van der Waals surface area contributed by atoms with E-state index in [0.29, 0.717) is 16.3 Å². The van der Waals surface area contributed by atoms with E-state index in [2.05, 4.69) is 15.3 Å². The predicted molar refractivity (Wildman–Crippen MR) is 91.2 cm³/mol. The second-order valence-corrected chi connectivity index (χ2v) is 5.73. The minimum atomic E-state index is -2.72. The molecule has 25 heavy (non-hydrogen) atoms. The maximum Gasteiger partial charge on any atom is 0.280 e. The van der Waals surface area contributed by atoms with Crippen molar-refractivity contribution in [3.8, 4) is 11.3 Å². The zero-order chi connectivity index (χ0) is 17.8. The summed E-state index contributed by atoms with van der Waals surface area (Å²) in [6.45, 7) is 0.285. The molecule has 3 nitrogen and oxygen atoms in total. The van der Waals surface area contributed by atoms with E-state index in [4.69, 9.17) is 11.6 Å². The molecule has 1 heterocycles. The summed E-state index contributed by atoms with van der Waals surface area (Å²) < 4.78 is 39.2. The fourth-order valence-corrected chi connectivity index (χ4v) is 2.33. The van der Waals surface area contributed by atoms with Crippen LogP contribution in [0.25, 0.3) is 11.3 Å². The van der Waals surface area contributed by atoms with Crippen LogP contribution in [0.2, 0.25) is 5.02 Å². The van der Waals surface area contributed by atoms with E-state index in [1.807, 2.05) is 0 Å². The molecule has 0 unspecified atom stereocenters. The van der Waals surface area contributed by atoms with Gasteiger partial charge in [-0.25, -0.2) is 23.1 Å². The second-order valence-electron chi connectivity index (χ2n) is 5.29. The second kappa shape index (κ2) is 7.53. The average Bonchev–Trinajstić information content (AvgIpc) is 2.61. The lowest BCUT2D eigenvalue weighted by Gasteiger charge is -2.10. The highest BCUT2D eigenvalue weighted by Crippen LogP contribution is 2.25. The van der Waals surface area contributed by atoms with Gasteiger partial charge in [0.2, 0.25) is 5.95 Å². The van der Waals surface area contributed by atoms with Crippen molar-refractivity contribution in [2.75, 3.05) is 5.32 Å². The Hall–Kier alpha value is -2.60. The van der Waals surface area contributed by atoms with Crippen molar-refractivity contribution < 1.29 is 13.2 Å². The van der Waals surface area contributed by atoms with Crippen molar-refractivity contribution in [2.45, 2.75) is 13.0 Å². The number of halogens is 4. The summed E-state index contributed by atoms with van der Waals surface area (Å²) in [5, 5.41) is 3.44. The van der Waals surface area contributed by atoms with Gasteiger partial charge in [-0.2, -0.15) is 0 Å². The molecular weight excluding hydrogens is 351 g/mol. The van der Waals surface area contributed by atoms with Gasteiger partial charge in [-0.1, -0.05) is 35.9 Å². The van der Waals surface area contributed by atoms with Crippen LogP contribution >= 0.6 is 11.6 Å². The van der Waals surface area contributed by atoms with E-state index in [0.717, 1.165) is 5.56 Å². The maximum atomic E-state index is 13.1. The first-order valence-electron chi connectivity index (χ1n) is 7.42. The van der Waals surface area contributed by atoms with E-state index in [1.54, 1.807) is 36.4 Å². The fraction of sp³-hybridized carbons (Fsp3) is 0.111. The SMILES string of the molecule is Fc1ccc(CNc2nc(-c3ccc(Cl)cc3)cc(C(F)F)n2)cc1. The van der Waals surface area contributed by atoms with Crippen molar-refractivity contribution in [3.63, 3.8) is 0 Å². The molecule has 1 N–H and O–H groups in total. The van der Waals surface area contributed by atoms with E-state index in [1.165, 1.54) is 18.2 Å². The Morgan fingerprint density at radius 3 is 2.28 bits per heavy atom. The fourth-order valence-electron chi connectivity index (χ4n) is 2.21. The van der Waals surface area contributed by atoms with Crippen LogP contribution < -0.4 is 5.32 Å². The first-order chi connectivity index (χ1) is 12.0. The van der Waals surface area contributed by atoms with Gasteiger partial charge in [0.15, 0.2) is 0 Å². The first-order valence-corrected chi connectivity index (χ1v) is 7.80. The zero-order valence-electron chi connectivity index (χ0n) is 12.9. The number of hydrogen-bond acceptors (Lipinski definition) is 3. The Labute approximate surface area is 147 Å². The molecule has 0 atom stereocenters. The minimum Gasteiger partial charge on any atom is -0.350 e. The van der Waals surface area contributed by atoms with Crippen LogP contribution in [-0.2, 0) is 6.54 Å². The quantitative estimate of drug-likeness (QED) is 0.651. The van der Waals surface area contributed by atoms with E-state index in [-0.39, 0.29) is 24.0 Å². The molecule has 0 aliphatic rings. The molecule has 0 saturated heterocycles. The summed E-state index contributed by atoms with van der Waals surface area (Å²) in [5.41, 5.74) is 1.42. The van der Waals surface area contributed by atoms with Crippen molar-refractivity contribution in [1.82, 2.24) is 9.97 Å². The number of aromatic nitrogens is 2. The molecule has 0 fully saturated rings. The standard InChI is InChI=1S/C18H13ClF3N3/c19-13-5-3-12(4-6-13)15-9-16(17(21)22)25-18(24-15)23-10-11-1-7-14(20)8-2-11/h1-9,17H,10H2,(H,23,24,25). The number of nitrogens with one attached hydrogen (secondary N) is 1. The van der Waals surface area contributed by atoms with Gasteiger partial charge >= 0.3 is 0 Å². The van der Waals surface area contributed by atoms with Gasteiger partial charge in [0, 0.05) is 17.1 Å². The van der Waals surface area contributed by atoms with Gasteiger partial charge in [0.1, 0.15) is 11.5 Å². The number of nitrogens with zero attached hydrogens (tertiary/aromatic N) is 2. The Morgan fingerprint density at radius 1 is 0.960 bits per heavy atom. The number of alkyl halides is 2. The highest BCUT2D eigenvalue weighted by molar-refractivity contribution is 6.30. The number of rotatable bonds is 5. The number of anilines is 1. The first kappa shape index (κ1) is 17.2. The molecule has 0 amide bonds. The third kappa shape index (κ3) is 4.48. The van der Waals surface area contributed by atoms with Crippen LogP contribution in [0.3, 0.4) is 0 Å². The minimum absolute atomic E-state index is 0.0760. The lowest BCUT2D eigenvalue weighted by Crippen LogP contribution is -2.06. The van der Waals surface area contributed by atoms with Crippen molar-refractivity contribution in [2.24, 2.45) is 0 Å². The molecule has 0 radical (unpaired) electrons. The molecule has 0 saturated carbocycles. The molecule has 0 bridgehead atoms. The summed E-state index contributed by atoms with van der Waals surface area (Å²) in [6.07, 6.45) is -2.72. The molecule has 1 aromatic heterocycles. The molecule has 0 aliphatic heterocycles. The maximum absolute atomic E-state index is 13.1. The molecule has 3 aromatic rings. The molecule has 0 aliphatic carbocycles. The van der Waals surface area contributed by atoms with Crippen molar-refractivity contribution >= 4 is 17.5 Å². The molecule has 2 aromatic carbocycles. The summed E-state index contributed by atoms with van der Waals surface area (Å²) in [5.74, 6) is -0.267. The van der Waals surface area contributed by atoms with E-state index < -0.39 is 6.43 Å². The molecule has 3 rings (SSSR count). The molecule has 128 valence electrons. The third-order valence-corrected chi connectivity index (χ3v) is 3.73. The van der Waals surface area contributed by atoms with Crippen molar-refractivity contribution in [3.05, 3.63) is 76.7 Å². The van der Waals surface area contributed by atoms with Gasteiger partial charge in [0.05, 0.1) is 5.69 Å². The Bertz CT molecular complexity index is 852. The smallest absolute Gasteiger partial charge is 0.280 e. The lowest BCUT2D eigenvalue weighted by molar-refractivity contribution is 0.146. The topological polar surface area (TPSA) is 37.8 Å². The van der Waals surface area contributed by atoms with Crippen LogP contribution in [0.4, 0.5) is 19.1 Å². The Kier molecular flexibility index (Phi) is 5.19. The van der Waals surface area contributed by atoms with Crippen molar-refractivity contribution in [1.29, 1.82) is 0 Å². The lowest BCUT2D eigenvalue weighted by atomic mass is 10.1. The van der Waals surface area contributed by atoms with Crippen LogP contribution in [0.15, 0.2) is 54.6 Å². The normalized spacial score (nSPS) is 10.9. The van der Waals surface area contributed by atoms with Gasteiger partial charge < -0.3 is 5.32 Å². The van der Waals surface area contributed by atoms with Crippen LogP contribution in [0.5, 0.6) is 0 Å². The van der Waals surface area contributed by atoms with Crippen LogP contribution in [0, 0.1) is 5.82 Å². The Morgan fingerprint density at radius 2 is 1.64 bits per heavy atom. The summed E-state index contributed by atoms with van der Waals surface area (Å²) in [4.78, 5) is 8.11. The summed E-state index contributed by atoms with van der Waals surface area (Å²) in [6, 6.07) is 13.8. The van der Waals surface area contributed by atoms with E-state index in [9.17, 15) is 13.2 Å². The van der Waals surface area contributed by atoms with E-state index >= 15 is 0 Å². The predicted octanol–water partition coefficient (Wildman–Crippen LogP) is 5.49. The zero-order valence-corrected chi connectivity index (χ0v) is 13.6. The third-order valence-electron chi connectivity index (χ3n) is 3.47. The van der Waals surface area contributed by atoms with Crippen LogP contribution in [-0.4, -0.2) is 9.97 Å². The molecular formula is C18H13ClF3N3. The van der Waals surface area contributed by atoms with Crippen LogP contribution in [0.1, 0.15) is 17.7 Å². The van der Waals surface area contributed by atoms with Gasteiger partial charge in [-0.15, -0.1) is 0 Å². The number of benzene rings is 2.